The summed E-state index contributed by atoms with van der Waals surface area (Å²) in [4.78, 5) is 25.0. The standard InChI is InChI=1S/C22H24N4O4S/c1-4-6-19-25-26-22(31-19)21(28)24-16-8-5-7-14(11-16)20(27)23-13-15-9-10-17(29-2)12-18(15)30-3/h5,7-12H,4,6,13H2,1-3H3,(H,23,27)(H,24,28). The summed E-state index contributed by atoms with van der Waals surface area (Å²) >= 11 is 1.27. The molecule has 3 aromatic rings. The Hall–Kier alpha value is -3.46. The van der Waals surface area contributed by atoms with Gasteiger partial charge in [0.2, 0.25) is 5.01 Å². The minimum atomic E-state index is -0.347. The smallest absolute Gasteiger partial charge is 0.286 e. The summed E-state index contributed by atoms with van der Waals surface area (Å²) in [6, 6.07) is 12.1. The Labute approximate surface area is 184 Å². The number of hydrogen-bond acceptors (Lipinski definition) is 7. The first-order valence-electron chi connectivity index (χ1n) is 9.77. The largest absolute Gasteiger partial charge is 0.497 e. The number of nitrogens with zero attached hydrogens (tertiary/aromatic N) is 2. The van der Waals surface area contributed by atoms with Crippen LogP contribution in [0.4, 0.5) is 5.69 Å². The van der Waals surface area contributed by atoms with Gasteiger partial charge in [-0.05, 0) is 36.8 Å². The molecule has 0 fully saturated rings. The molecule has 0 saturated heterocycles. The summed E-state index contributed by atoms with van der Waals surface area (Å²) in [7, 11) is 3.15. The molecule has 1 aromatic heterocycles. The third kappa shape index (κ3) is 5.79. The van der Waals surface area contributed by atoms with E-state index >= 15 is 0 Å². The van der Waals surface area contributed by atoms with Gasteiger partial charge in [0, 0.05) is 35.8 Å². The van der Waals surface area contributed by atoms with E-state index in [1.807, 2.05) is 13.0 Å². The van der Waals surface area contributed by atoms with Gasteiger partial charge in [-0.1, -0.05) is 24.3 Å². The van der Waals surface area contributed by atoms with Gasteiger partial charge < -0.3 is 20.1 Å². The molecule has 2 amide bonds. The first-order valence-corrected chi connectivity index (χ1v) is 10.6. The molecule has 0 spiro atoms. The minimum absolute atomic E-state index is 0.268. The average molecular weight is 441 g/mol. The average Bonchev–Trinajstić information content (AvgIpc) is 3.26. The molecule has 0 aliphatic carbocycles. The molecule has 162 valence electrons. The molecule has 0 radical (unpaired) electrons. The van der Waals surface area contributed by atoms with E-state index in [-0.39, 0.29) is 18.4 Å². The van der Waals surface area contributed by atoms with Gasteiger partial charge in [-0.3, -0.25) is 9.59 Å². The fourth-order valence-electron chi connectivity index (χ4n) is 2.86. The van der Waals surface area contributed by atoms with Crippen LogP contribution < -0.4 is 20.1 Å². The van der Waals surface area contributed by atoms with Crippen molar-refractivity contribution in [1.82, 2.24) is 15.5 Å². The SMILES string of the molecule is CCCc1nnc(C(=O)Nc2cccc(C(=O)NCc3ccc(OC)cc3OC)c2)s1. The number of aromatic nitrogens is 2. The highest BCUT2D eigenvalue weighted by molar-refractivity contribution is 7.13. The zero-order valence-electron chi connectivity index (χ0n) is 17.6. The quantitative estimate of drug-likeness (QED) is 0.526. The number of methoxy groups -OCH3 is 2. The lowest BCUT2D eigenvalue weighted by Gasteiger charge is -2.12. The molecule has 3 rings (SSSR count). The van der Waals surface area contributed by atoms with E-state index in [0.717, 1.165) is 23.4 Å². The topological polar surface area (TPSA) is 102 Å². The molecule has 2 aromatic carbocycles. The third-order valence-electron chi connectivity index (χ3n) is 4.44. The van der Waals surface area contributed by atoms with Crippen LogP contribution in [0.3, 0.4) is 0 Å². The maximum absolute atomic E-state index is 12.6. The Morgan fingerprint density at radius 3 is 2.61 bits per heavy atom. The lowest BCUT2D eigenvalue weighted by molar-refractivity contribution is 0.0949. The fraction of sp³-hybridized carbons (Fsp3) is 0.273. The predicted molar refractivity (Wildman–Crippen MR) is 119 cm³/mol. The number of carbonyl (C=O) groups excluding carboxylic acids is 2. The van der Waals surface area contributed by atoms with Crippen molar-refractivity contribution >= 4 is 28.8 Å². The number of rotatable bonds is 9. The number of nitrogens with one attached hydrogen (secondary N) is 2. The molecule has 31 heavy (non-hydrogen) atoms. The monoisotopic (exact) mass is 440 g/mol. The Morgan fingerprint density at radius 2 is 1.87 bits per heavy atom. The first-order chi connectivity index (χ1) is 15.0. The van der Waals surface area contributed by atoms with Crippen LogP contribution in [0.15, 0.2) is 42.5 Å². The molecular formula is C22H24N4O4S. The van der Waals surface area contributed by atoms with Gasteiger partial charge in [0.05, 0.1) is 14.2 Å². The van der Waals surface area contributed by atoms with Crippen LogP contribution in [0.5, 0.6) is 11.5 Å². The maximum atomic E-state index is 12.6. The van der Waals surface area contributed by atoms with Crippen LogP contribution in [0.25, 0.3) is 0 Å². The zero-order chi connectivity index (χ0) is 22.2. The van der Waals surface area contributed by atoms with Crippen molar-refractivity contribution in [1.29, 1.82) is 0 Å². The van der Waals surface area contributed by atoms with Gasteiger partial charge in [0.25, 0.3) is 11.8 Å². The van der Waals surface area contributed by atoms with Crippen molar-refractivity contribution in [3.05, 3.63) is 63.6 Å². The maximum Gasteiger partial charge on any atom is 0.286 e. The molecule has 8 nitrogen and oxygen atoms in total. The summed E-state index contributed by atoms with van der Waals surface area (Å²) in [5.41, 5.74) is 1.75. The van der Waals surface area contributed by atoms with Crippen LogP contribution in [0.1, 0.15) is 44.1 Å². The van der Waals surface area contributed by atoms with E-state index in [1.54, 1.807) is 50.6 Å². The van der Waals surface area contributed by atoms with Crippen molar-refractivity contribution in [3.8, 4) is 11.5 Å². The Bertz CT molecular complexity index is 1070. The number of ether oxygens (including phenoxy) is 2. The number of amides is 2. The van der Waals surface area contributed by atoms with Crippen molar-refractivity contribution in [3.63, 3.8) is 0 Å². The van der Waals surface area contributed by atoms with E-state index < -0.39 is 0 Å². The van der Waals surface area contributed by atoms with Gasteiger partial charge in [-0.25, -0.2) is 0 Å². The van der Waals surface area contributed by atoms with Crippen LogP contribution in [-0.4, -0.2) is 36.2 Å². The van der Waals surface area contributed by atoms with Crippen molar-refractivity contribution in [2.45, 2.75) is 26.3 Å². The second kappa shape index (κ2) is 10.5. The second-order valence-corrected chi connectivity index (χ2v) is 7.71. The normalized spacial score (nSPS) is 10.4. The third-order valence-corrected chi connectivity index (χ3v) is 5.42. The molecular weight excluding hydrogens is 416 g/mol. The number of anilines is 1. The number of aryl methyl sites for hydroxylation is 1. The molecule has 0 aliphatic heterocycles. The minimum Gasteiger partial charge on any atom is -0.497 e. The van der Waals surface area contributed by atoms with Crippen LogP contribution in [0.2, 0.25) is 0 Å². The van der Waals surface area contributed by atoms with Crippen LogP contribution >= 0.6 is 11.3 Å². The van der Waals surface area contributed by atoms with Crippen molar-refractivity contribution in [2.75, 3.05) is 19.5 Å². The second-order valence-electron chi connectivity index (χ2n) is 6.65. The van der Waals surface area contributed by atoms with E-state index in [0.29, 0.717) is 27.8 Å². The fourth-order valence-corrected chi connectivity index (χ4v) is 3.69. The molecule has 1 heterocycles. The van der Waals surface area contributed by atoms with E-state index in [4.69, 9.17) is 9.47 Å². The number of hydrogen-bond donors (Lipinski definition) is 2. The van der Waals surface area contributed by atoms with Crippen molar-refractivity contribution < 1.29 is 19.1 Å². The van der Waals surface area contributed by atoms with Crippen LogP contribution in [-0.2, 0) is 13.0 Å². The summed E-state index contributed by atoms with van der Waals surface area (Å²) < 4.78 is 10.5. The highest BCUT2D eigenvalue weighted by Gasteiger charge is 2.14. The lowest BCUT2D eigenvalue weighted by atomic mass is 10.1. The molecule has 2 N–H and O–H groups in total. The first kappa shape index (κ1) is 22.2. The Kier molecular flexibility index (Phi) is 7.55. The highest BCUT2D eigenvalue weighted by atomic mass is 32.1. The van der Waals surface area contributed by atoms with E-state index in [1.165, 1.54) is 11.3 Å². The summed E-state index contributed by atoms with van der Waals surface area (Å²) in [6.07, 6.45) is 1.73. The molecule has 0 atom stereocenters. The van der Waals surface area contributed by atoms with E-state index in [2.05, 4.69) is 20.8 Å². The molecule has 0 saturated carbocycles. The van der Waals surface area contributed by atoms with E-state index in [9.17, 15) is 9.59 Å². The van der Waals surface area contributed by atoms with Gasteiger partial charge in [-0.15, -0.1) is 10.2 Å². The highest BCUT2D eigenvalue weighted by Crippen LogP contribution is 2.24. The van der Waals surface area contributed by atoms with Gasteiger partial charge in [0.15, 0.2) is 0 Å². The van der Waals surface area contributed by atoms with Gasteiger partial charge in [0.1, 0.15) is 16.5 Å². The molecule has 0 unspecified atom stereocenters. The van der Waals surface area contributed by atoms with Gasteiger partial charge in [-0.2, -0.15) is 0 Å². The van der Waals surface area contributed by atoms with Gasteiger partial charge >= 0.3 is 0 Å². The summed E-state index contributed by atoms with van der Waals surface area (Å²) in [5.74, 6) is 0.684. The molecule has 0 aliphatic rings. The van der Waals surface area contributed by atoms with Crippen LogP contribution in [0, 0.1) is 0 Å². The summed E-state index contributed by atoms with van der Waals surface area (Å²) in [6.45, 7) is 2.33. The Morgan fingerprint density at radius 1 is 1.03 bits per heavy atom. The Balaban J connectivity index is 1.64. The molecule has 0 bridgehead atoms. The predicted octanol–water partition coefficient (Wildman–Crippen LogP) is 3.69. The molecule has 9 heteroatoms. The summed E-state index contributed by atoms with van der Waals surface area (Å²) in [5, 5.41) is 14.7. The zero-order valence-corrected chi connectivity index (χ0v) is 18.4. The number of benzene rings is 2. The van der Waals surface area contributed by atoms with Crippen molar-refractivity contribution in [2.24, 2.45) is 0 Å². The lowest BCUT2D eigenvalue weighted by Crippen LogP contribution is -2.23. The number of carbonyl (C=O) groups is 2.